The number of hydrogen-bond donors (Lipinski definition) is 3. The summed E-state index contributed by atoms with van der Waals surface area (Å²) in [6.07, 6.45) is 4.18. The maximum atomic E-state index is 14.5. The third kappa shape index (κ3) is 4.62. The lowest BCUT2D eigenvalue weighted by atomic mass is 10.0. The molecule has 0 spiro atoms. The zero-order valence-electron chi connectivity index (χ0n) is 24.0. The van der Waals surface area contributed by atoms with Crippen molar-refractivity contribution in [3.63, 3.8) is 0 Å². The van der Waals surface area contributed by atoms with Crippen molar-refractivity contribution in [3.8, 4) is 28.6 Å². The molecule has 14 heteroatoms. The van der Waals surface area contributed by atoms with Gasteiger partial charge in [0.2, 0.25) is 11.8 Å². The highest BCUT2D eigenvalue weighted by molar-refractivity contribution is 5.97. The molecule has 0 fully saturated rings. The molecular weight excluding hydrogens is 601 g/mol. The molecule has 0 radical (unpaired) electrons. The van der Waals surface area contributed by atoms with E-state index in [1.807, 2.05) is 29.7 Å². The Morgan fingerprint density at radius 1 is 1.11 bits per heavy atom. The zero-order chi connectivity index (χ0) is 32.3. The number of hydrogen-bond acceptors (Lipinski definition) is 8. The number of nitrogens with zero attached hydrogens (tertiary/aromatic N) is 6. The minimum atomic E-state index is -1.67. The number of phenolic OH excluding ortho intramolecular Hbond substituents is 1. The van der Waals surface area contributed by atoms with Crippen LogP contribution in [0.3, 0.4) is 0 Å². The minimum Gasteiger partial charge on any atom is -0.504 e. The Morgan fingerprint density at radius 2 is 1.93 bits per heavy atom. The van der Waals surface area contributed by atoms with Crippen molar-refractivity contribution in [2.75, 3.05) is 5.73 Å². The molecule has 1 aliphatic rings. The normalized spacial score (nSPS) is 14.0. The fourth-order valence-electron chi connectivity index (χ4n) is 5.78. The number of aldehydes is 1. The average molecular weight is 625 g/mol. The predicted molar refractivity (Wildman–Crippen MR) is 160 cm³/mol. The average Bonchev–Trinajstić information content (AvgIpc) is 3.77. The van der Waals surface area contributed by atoms with Crippen molar-refractivity contribution < 1.29 is 27.9 Å². The van der Waals surface area contributed by atoms with Crippen LogP contribution in [0.15, 0.2) is 60.9 Å². The Balaban J connectivity index is 1.31. The summed E-state index contributed by atoms with van der Waals surface area (Å²) in [4.78, 5) is 38.1. The van der Waals surface area contributed by atoms with E-state index in [-0.39, 0.29) is 12.1 Å². The molecule has 1 aliphatic carbocycles. The highest BCUT2D eigenvalue weighted by Gasteiger charge is 2.29. The summed E-state index contributed by atoms with van der Waals surface area (Å²) in [5.41, 5.74) is 9.71. The first-order valence-corrected chi connectivity index (χ1v) is 14.1. The lowest BCUT2D eigenvalue weighted by molar-refractivity contribution is 0.0931. The van der Waals surface area contributed by atoms with Crippen molar-refractivity contribution >= 4 is 29.2 Å². The van der Waals surface area contributed by atoms with Crippen molar-refractivity contribution in [3.05, 3.63) is 106 Å². The van der Waals surface area contributed by atoms with E-state index < -0.39 is 46.4 Å². The molecule has 1 amide bonds. The second kappa shape index (κ2) is 10.8. The van der Waals surface area contributed by atoms with Crippen molar-refractivity contribution in [1.82, 2.24) is 34.6 Å². The zero-order valence-corrected chi connectivity index (χ0v) is 24.0. The van der Waals surface area contributed by atoms with Crippen LogP contribution in [0.2, 0.25) is 0 Å². The molecule has 0 bridgehead atoms. The third-order valence-corrected chi connectivity index (χ3v) is 8.01. The highest BCUT2D eigenvalue weighted by Crippen LogP contribution is 2.37. The van der Waals surface area contributed by atoms with E-state index in [0.29, 0.717) is 46.9 Å². The number of aryl methyl sites for hydroxylation is 2. The molecule has 0 aliphatic heterocycles. The number of benzene rings is 2. The SMILES string of the molecule is Cc1cc(-n2ccc(F)n2)nc2c1nc(-c1cccnc1N)n2-c1ccc2c(c1)CC[C@@H]2NC(=O)c1cc(C=O)c(O)c(F)c1F. The van der Waals surface area contributed by atoms with E-state index in [0.717, 1.165) is 22.8 Å². The maximum Gasteiger partial charge on any atom is 0.254 e. The summed E-state index contributed by atoms with van der Waals surface area (Å²) in [6.45, 7) is 1.86. The van der Waals surface area contributed by atoms with E-state index >= 15 is 0 Å². The smallest absolute Gasteiger partial charge is 0.254 e. The van der Waals surface area contributed by atoms with Crippen LogP contribution in [0.4, 0.5) is 19.0 Å². The largest absolute Gasteiger partial charge is 0.504 e. The molecule has 4 heterocycles. The first kappa shape index (κ1) is 28.7. The van der Waals surface area contributed by atoms with Crippen LogP contribution in [0.25, 0.3) is 34.1 Å². The van der Waals surface area contributed by atoms with Crippen LogP contribution in [-0.2, 0) is 6.42 Å². The Labute approximate surface area is 258 Å². The number of amides is 1. The van der Waals surface area contributed by atoms with Gasteiger partial charge in [-0.1, -0.05) is 6.07 Å². The second-order valence-corrected chi connectivity index (χ2v) is 10.8. The van der Waals surface area contributed by atoms with Gasteiger partial charge < -0.3 is 16.2 Å². The topological polar surface area (TPSA) is 154 Å². The van der Waals surface area contributed by atoms with Gasteiger partial charge in [0.15, 0.2) is 35.1 Å². The number of rotatable bonds is 6. The van der Waals surface area contributed by atoms with Crippen molar-refractivity contribution in [2.24, 2.45) is 0 Å². The molecule has 0 saturated heterocycles. The van der Waals surface area contributed by atoms with Crippen molar-refractivity contribution in [2.45, 2.75) is 25.8 Å². The van der Waals surface area contributed by atoms with Crippen LogP contribution in [0.1, 0.15) is 49.9 Å². The predicted octanol–water partition coefficient (Wildman–Crippen LogP) is 4.91. The van der Waals surface area contributed by atoms with E-state index in [4.69, 9.17) is 15.7 Å². The molecule has 46 heavy (non-hydrogen) atoms. The van der Waals surface area contributed by atoms with Crippen LogP contribution < -0.4 is 11.1 Å². The van der Waals surface area contributed by atoms with Crippen LogP contribution in [-0.4, -0.2) is 46.6 Å². The standard InChI is InChI=1S/C32H23F3N8O3/c1-15-11-24(42-10-8-23(33)41-42)39-31-27(15)40-30(20-3-2-9-37-29(20)36)43(31)18-5-6-19-16(12-18)4-7-22(19)38-32(46)21-13-17(14-44)28(45)26(35)25(21)34/h2-3,5-6,8-14,22,45H,4,7H2,1H3,(H2,36,37)(H,38,46)/t22-/m0/s1. The summed E-state index contributed by atoms with van der Waals surface area (Å²) in [5, 5.41) is 16.2. The number of pyridine rings is 2. The van der Waals surface area contributed by atoms with Gasteiger partial charge in [-0.25, -0.2) is 24.0 Å². The lowest BCUT2D eigenvalue weighted by Crippen LogP contribution is -2.28. The molecule has 0 saturated carbocycles. The number of anilines is 1. The Morgan fingerprint density at radius 3 is 2.67 bits per heavy atom. The molecule has 11 nitrogen and oxygen atoms in total. The molecular formula is C32H23F3N8O3. The number of nitrogen functional groups attached to an aromatic ring is 1. The summed E-state index contributed by atoms with van der Waals surface area (Å²) in [6, 6.07) is 12.3. The monoisotopic (exact) mass is 624 g/mol. The first-order valence-electron chi connectivity index (χ1n) is 14.1. The van der Waals surface area contributed by atoms with Gasteiger partial charge in [0, 0.05) is 24.1 Å². The molecule has 0 unspecified atom stereocenters. The Hall–Kier alpha value is -6.05. The molecule has 4 aromatic heterocycles. The second-order valence-electron chi connectivity index (χ2n) is 10.8. The number of phenols is 1. The van der Waals surface area contributed by atoms with Crippen LogP contribution in [0.5, 0.6) is 5.75 Å². The maximum absolute atomic E-state index is 14.5. The molecule has 1 atom stereocenters. The molecule has 230 valence electrons. The number of carbonyl (C=O) groups excluding carboxylic acids is 2. The Kier molecular flexibility index (Phi) is 6.76. The number of imidazole rings is 1. The molecule has 2 aromatic carbocycles. The van der Waals surface area contributed by atoms with Gasteiger partial charge in [-0.3, -0.25) is 14.2 Å². The number of nitrogens with one attached hydrogen (secondary N) is 1. The van der Waals surface area contributed by atoms with Gasteiger partial charge in [-0.2, -0.15) is 8.78 Å². The van der Waals surface area contributed by atoms with Gasteiger partial charge in [-0.05, 0) is 72.9 Å². The Bertz CT molecular complexity index is 2230. The van der Waals surface area contributed by atoms with E-state index in [1.165, 1.54) is 16.9 Å². The van der Waals surface area contributed by atoms with Gasteiger partial charge >= 0.3 is 0 Å². The van der Waals surface area contributed by atoms with Gasteiger partial charge in [0.1, 0.15) is 11.3 Å². The number of aromatic nitrogens is 6. The lowest BCUT2D eigenvalue weighted by Gasteiger charge is -2.16. The minimum absolute atomic E-state index is 0.140. The highest BCUT2D eigenvalue weighted by atomic mass is 19.2. The van der Waals surface area contributed by atoms with E-state index in [9.17, 15) is 27.9 Å². The van der Waals surface area contributed by atoms with E-state index in [1.54, 1.807) is 24.4 Å². The molecule has 7 rings (SSSR count). The van der Waals surface area contributed by atoms with Crippen LogP contribution >= 0.6 is 0 Å². The first-order chi connectivity index (χ1) is 22.1. The van der Waals surface area contributed by atoms with Crippen LogP contribution in [0, 0.1) is 24.5 Å². The summed E-state index contributed by atoms with van der Waals surface area (Å²) < 4.78 is 45.6. The van der Waals surface area contributed by atoms with E-state index in [2.05, 4.69) is 15.4 Å². The fraction of sp³-hybridized carbons (Fsp3) is 0.125. The number of aromatic hydroxyl groups is 1. The van der Waals surface area contributed by atoms with Gasteiger partial charge in [0.05, 0.1) is 22.7 Å². The number of halogens is 3. The van der Waals surface area contributed by atoms with Gasteiger partial charge in [-0.15, -0.1) is 5.10 Å². The summed E-state index contributed by atoms with van der Waals surface area (Å²) >= 11 is 0. The number of nitrogens with two attached hydrogens (primary N) is 1. The number of carbonyl (C=O) groups is 2. The third-order valence-electron chi connectivity index (χ3n) is 8.01. The van der Waals surface area contributed by atoms with Gasteiger partial charge in [0.25, 0.3) is 5.91 Å². The fourth-order valence-corrected chi connectivity index (χ4v) is 5.78. The number of fused-ring (bicyclic) bond motifs is 2. The molecule has 6 aromatic rings. The van der Waals surface area contributed by atoms with Crippen molar-refractivity contribution in [1.29, 1.82) is 0 Å². The quantitative estimate of drug-likeness (QED) is 0.221. The summed E-state index contributed by atoms with van der Waals surface area (Å²) in [5.74, 6) is -4.87. The summed E-state index contributed by atoms with van der Waals surface area (Å²) in [7, 11) is 0. The molecule has 4 N–H and O–H groups in total.